The summed E-state index contributed by atoms with van der Waals surface area (Å²) < 4.78 is 0.979. The first-order valence-electron chi connectivity index (χ1n) is 3.20. The SMILES string of the molecule is CCc1cc(CI)c(Cl)[nH]1. The van der Waals surface area contributed by atoms with Gasteiger partial charge >= 0.3 is 0 Å². The van der Waals surface area contributed by atoms with Crippen LogP contribution >= 0.6 is 34.2 Å². The number of aromatic nitrogens is 1. The minimum absolute atomic E-state index is 0.797. The second-order valence-corrected chi connectivity index (χ2v) is 3.26. The van der Waals surface area contributed by atoms with E-state index >= 15 is 0 Å². The number of rotatable bonds is 2. The first-order chi connectivity index (χ1) is 4.77. The first-order valence-corrected chi connectivity index (χ1v) is 5.10. The van der Waals surface area contributed by atoms with Crippen LogP contribution in [0.15, 0.2) is 6.07 Å². The molecule has 0 radical (unpaired) electrons. The zero-order chi connectivity index (χ0) is 7.56. The molecule has 0 unspecified atom stereocenters. The molecular weight excluding hydrogens is 260 g/mol. The molecule has 1 N–H and O–H groups in total. The summed E-state index contributed by atoms with van der Waals surface area (Å²) in [6, 6.07) is 2.12. The molecule has 10 heavy (non-hydrogen) atoms. The number of aryl methyl sites for hydroxylation is 1. The summed E-state index contributed by atoms with van der Waals surface area (Å²) in [5.74, 6) is 0. The van der Waals surface area contributed by atoms with Crippen LogP contribution in [0, 0.1) is 0 Å². The van der Waals surface area contributed by atoms with Crippen LogP contribution in [0.4, 0.5) is 0 Å². The van der Waals surface area contributed by atoms with Gasteiger partial charge in [0.1, 0.15) is 5.15 Å². The van der Waals surface area contributed by atoms with Crippen LogP contribution in [0.2, 0.25) is 5.15 Å². The Morgan fingerprint density at radius 2 is 2.40 bits per heavy atom. The number of halogens is 2. The molecule has 0 atom stereocenters. The number of hydrogen-bond donors (Lipinski definition) is 1. The number of alkyl halides is 1. The molecule has 3 heteroatoms. The average Bonchev–Trinajstić information content (AvgIpc) is 2.30. The van der Waals surface area contributed by atoms with Crippen LogP contribution < -0.4 is 0 Å². The summed E-state index contributed by atoms with van der Waals surface area (Å²) in [6.07, 6.45) is 1.02. The molecular formula is C7H9ClIN. The Bertz CT molecular complexity index is 219. The Kier molecular flexibility index (Phi) is 3.04. The molecule has 1 aromatic heterocycles. The van der Waals surface area contributed by atoms with Gasteiger partial charge in [-0.3, -0.25) is 0 Å². The molecule has 1 rings (SSSR count). The van der Waals surface area contributed by atoms with Crippen molar-refractivity contribution in [1.82, 2.24) is 4.98 Å². The van der Waals surface area contributed by atoms with Gasteiger partial charge in [-0.15, -0.1) is 0 Å². The maximum absolute atomic E-state index is 5.86. The van der Waals surface area contributed by atoms with Crippen molar-refractivity contribution in [2.24, 2.45) is 0 Å². The molecule has 0 bridgehead atoms. The summed E-state index contributed by atoms with van der Waals surface area (Å²) in [5, 5.41) is 0.797. The van der Waals surface area contributed by atoms with Crippen LogP contribution in [0.25, 0.3) is 0 Å². The molecule has 1 heterocycles. The molecule has 0 aliphatic carbocycles. The maximum Gasteiger partial charge on any atom is 0.110 e. The van der Waals surface area contributed by atoms with E-state index in [9.17, 15) is 0 Å². The van der Waals surface area contributed by atoms with E-state index in [-0.39, 0.29) is 0 Å². The Hall–Kier alpha value is 0.300. The molecule has 0 fully saturated rings. The van der Waals surface area contributed by atoms with Gasteiger partial charge in [-0.05, 0) is 18.1 Å². The summed E-state index contributed by atoms with van der Waals surface area (Å²) in [7, 11) is 0. The molecule has 0 aromatic carbocycles. The first kappa shape index (κ1) is 8.40. The van der Waals surface area contributed by atoms with Crippen molar-refractivity contribution in [3.8, 4) is 0 Å². The molecule has 0 saturated carbocycles. The smallest absolute Gasteiger partial charge is 0.110 e. The van der Waals surface area contributed by atoms with Crippen molar-refractivity contribution in [1.29, 1.82) is 0 Å². The highest BCUT2D eigenvalue weighted by atomic mass is 127. The number of aromatic amines is 1. The van der Waals surface area contributed by atoms with Crippen LogP contribution in [-0.4, -0.2) is 4.98 Å². The van der Waals surface area contributed by atoms with E-state index in [0.717, 1.165) is 16.0 Å². The van der Waals surface area contributed by atoms with Gasteiger partial charge in [0.15, 0.2) is 0 Å². The fraction of sp³-hybridized carbons (Fsp3) is 0.429. The minimum Gasteiger partial charge on any atom is -0.349 e. The summed E-state index contributed by atoms with van der Waals surface area (Å²) in [6.45, 7) is 2.11. The molecule has 0 spiro atoms. The maximum atomic E-state index is 5.86. The number of nitrogens with one attached hydrogen (secondary N) is 1. The lowest BCUT2D eigenvalue weighted by atomic mass is 10.3. The minimum atomic E-state index is 0.797. The lowest BCUT2D eigenvalue weighted by molar-refractivity contribution is 1.06. The van der Waals surface area contributed by atoms with Crippen LogP contribution in [-0.2, 0) is 10.8 Å². The van der Waals surface area contributed by atoms with Crippen molar-refractivity contribution >= 4 is 34.2 Å². The lowest BCUT2D eigenvalue weighted by Crippen LogP contribution is -1.74. The Morgan fingerprint density at radius 3 is 2.70 bits per heavy atom. The largest absolute Gasteiger partial charge is 0.349 e. The molecule has 1 nitrogen and oxygen atoms in total. The van der Waals surface area contributed by atoms with E-state index in [1.54, 1.807) is 0 Å². The van der Waals surface area contributed by atoms with E-state index in [1.165, 1.54) is 11.3 Å². The topological polar surface area (TPSA) is 15.8 Å². The molecule has 1 aromatic rings. The zero-order valence-electron chi connectivity index (χ0n) is 5.75. The van der Waals surface area contributed by atoms with Crippen LogP contribution in [0.3, 0.4) is 0 Å². The predicted molar refractivity (Wildman–Crippen MR) is 52.9 cm³/mol. The summed E-state index contributed by atoms with van der Waals surface area (Å²) in [4.78, 5) is 3.11. The van der Waals surface area contributed by atoms with Gasteiger partial charge in [-0.2, -0.15) is 0 Å². The van der Waals surface area contributed by atoms with Crippen molar-refractivity contribution in [2.45, 2.75) is 17.8 Å². The summed E-state index contributed by atoms with van der Waals surface area (Å²) >= 11 is 8.17. The third-order valence-corrected chi connectivity index (χ3v) is 2.58. The number of hydrogen-bond acceptors (Lipinski definition) is 0. The van der Waals surface area contributed by atoms with Gasteiger partial charge in [-0.1, -0.05) is 41.1 Å². The molecule has 0 amide bonds. The Labute approximate surface area is 79.3 Å². The monoisotopic (exact) mass is 269 g/mol. The van der Waals surface area contributed by atoms with Crippen LogP contribution in [0.1, 0.15) is 18.2 Å². The lowest BCUT2D eigenvalue weighted by Gasteiger charge is -1.84. The van der Waals surface area contributed by atoms with Crippen molar-refractivity contribution in [3.63, 3.8) is 0 Å². The van der Waals surface area contributed by atoms with E-state index in [4.69, 9.17) is 11.6 Å². The van der Waals surface area contributed by atoms with Crippen molar-refractivity contribution in [2.75, 3.05) is 0 Å². The van der Waals surface area contributed by atoms with E-state index < -0.39 is 0 Å². The predicted octanol–water partition coefficient (Wildman–Crippen LogP) is 3.17. The number of H-pyrrole nitrogens is 1. The quantitative estimate of drug-likeness (QED) is 0.627. The van der Waals surface area contributed by atoms with Crippen molar-refractivity contribution < 1.29 is 0 Å². The third kappa shape index (κ3) is 1.66. The highest BCUT2D eigenvalue weighted by molar-refractivity contribution is 14.1. The highest BCUT2D eigenvalue weighted by Gasteiger charge is 2.01. The van der Waals surface area contributed by atoms with Gasteiger partial charge in [0.25, 0.3) is 0 Å². The van der Waals surface area contributed by atoms with E-state index in [2.05, 4.69) is 40.6 Å². The summed E-state index contributed by atoms with van der Waals surface area (Å²) in [5.41, 5.74) is 2.43. The normalized spacial score (nSPS) is 10.3. The van der Waals surface area contributed by atoms with Gasteiger partial charge in [0, 0.05) is 10.1 Å². The highest BCUT2D eigenvalue weighted by Crippen LogP contribution is 2.19. The molecule has 0 aliphatic rings. The van der Waals surface area contributed by atoms with Gasteiger partial charge in [-0.25, -0.2) is 0 Å². The van der Waals surface area contributed by atoms with E-state index in [0.29, 0.717) is 0 Å². The van der Waals surface area contributed by atoms with Gasteiger partial charge < -0.3 is 4.98 Å². The van der Waals surface area contributed by atoms with Crippen molar-refractivity contribution in [3.05, 3.63) is 22.5 Å². The second kappa shape index (κ2) is 3.62. The Balaban J connectivity index is 2.92. The molecule has 56 valence electrons. The molecule has 0 saturated heterocycles. The Morgan fingerprint density at radius 1 is 1.70 bits per heavy atom. The van der Waals surface area contributed by atoms with E-state index in [1.807, 2.05) is 0 Å². The third-order valence-electron chi connectivity index (χ3n) is 1.43. The second-order valence-electron chi connectivity index (χ2n) is 2.12. The zero-order valence-corrected chi connectivity index (χ0v) is 8.66. The standard InChI is InChI=1S/C7H9ClIN/c1-2-6-3-5(4-9)7(8)10-6/h3,10H,2,4H2,1H3. The van der Waals surface area contributed by atoms with Gasteiger partial charge in [0.2, 0.25) is 0 Å². The van der Waals surface area contributed by atoms with Gasteiger partial charge in [0.05, 0.1) is 0 Å². The molecule has 0 aliphatic heterocycles. The average molecular weight is 270 g/mol. The fourth-order valence-electron chi connectivity index (χ4n) is 0.819. The fourth-order valence-corrected chi connectivity index (χ4v) is 1.89. The van der Waals surface area contributed by atoms with Crippen LogP contribution in [0.5, 0.6) is 0 Å².